The number of halogens is 1. The summed E-state index contributed by atoms with van der Waals surface area (Å²) in [6.07, 6.45) is 2.53. The van der Waals surface area contributed by atoms with Crippen LogP contribution in [0.4, 0.5) is 10.2 Å². The molecule has 0 radical (unpaired) electrons. The number of rotatable bonds is 7. The number of carbonyl (C=O) groups is 2. The molecule has 0 unspecified atom stereocenters. The maximum absolute atomic E-state index is 16.5. The van der Waals surface area contributed by atoms with Gasteiger partial charge in [0.25, 0.3) is 0 Å². The summed E-state index contributed by atoms with van der Waals surface area (Å²) in [5.41, 5.74) is -2.81. The Balaban J connectivity index is 1.46. The lowest BCUT2D eigenvalue weighted by atomic mass is 9.84. The molecule has 0 bridgehead atoms. The van der Waals surface area contributed by atoms with Crippen LogP contribution < -0.4 is 5.32 Å². The maximum atomic E-state index is 16.5. The first-order valence-electron chi connectivity index (χ1n) is 11.4. The van der Waals surface area contributed by atoms with E-state index in [4.69, 9.17) is 14.2 Å². The molecule has 184 valence electrons. The molecule has 2 aliphatic rings. The quantitative estimate of drug-likeness (QED) is 0.506. The minimum Gasteiger partial charge on any atom is -0.459 e. The minimum atomic E-state index is -2.23. The molecule has 1 aromatic carbocycles. The highest BCUT2D eigenvalue weighted by molar-refractivity contribution is 5.89. The third kappa shape index (κ3) is 4.09. The van der Waals surface area contributed by atoms with Crippen LogP contribution in [-0.2, 0) is 19.0 Å². The van der Waals surface area contributed by atoms with Crippen molar-refractivity contribution in [2.75, 3.05) is 11.9 Å². The lowest BCUT2D eigenvalue weighted by molar-refractivity contribution is -0.175. The average molecular weight is 484 g/mol. The Bertz CT molecular complexity index is 1260. The molecule has 35 heavy (non-hydrogen) atoms. The van der Waals surface area contributed by atoms with Gasteiger partial charge in [-0.15, -0.1) is 0 Å². The third-order valence-electron chi connectivity index (χ3n) is 6.60. The minimum absolute atomic E-state index is 0.330. The van der Waals surface area contributed by atoms with Crippen molar-refractivity contribution in [3.8, 4) is 0 Å². The summed E-state index contributed by atoms with van der Waals surface area (Å²) in [4.78, 5) is 37.4. The van der Waals surface area contributed by atoms with Crippen molar-refractivity contribution in [3.63, 3.8) is 0 Å². The Morgan fingerprint density at radius 3 is 2.63 bits per heavy atom. The predicted molar refractivity (Wildman–Crippen MR) is 122 cm³/mol. The zero-order valence-corrected chi connectivity index (χ0v) is 19.6. The van der Waals surface area contributed by atoms with Gasteiger partial charge in [-0.25, -0.2) is 24.1 Å². The maximum Gasteiger partial charge on any atom is 0.338 e. The number of anilines is 1. The van der Waals surface area contributed by atoms with E-state index >= 15 is 4.39 Å². The lowest BCUT2D eigenvalue weighted by Gasteiger charge is -2.36. The standard InChI is InChI=1S/C24H26FN5O5/c1-14(31)35-24(3)17(11-33-21(32)15-7-5-4-6-8-15)34-22(23(24,2)25)30-13-28-18-19(29-16-9-10-16)26-12-27-20(18)30/h4-8,12-13,16-17,22H,9-11H2,1-3H3,(H,26,27,29)/t17-,22-,23+,24+/m1/s1. The Morgan fingerprint density at radius 1 is 1.20 bits per heavy atom. The smallest absolute Gasteiger partial charge is 0.338 e. The van der Waals surface area contributed by atoms with Crippen LogP contribution in [0.2, 0.25) is 0 Å². The van der Waals surface area contributed by atoms with Crippen LogP contribution in [0.1, 0.15) is 50.2 Å². The number of alkyl halides is 1. The number of ether oxygens (including phenoxy) is 3. The van der Waals surface area contributed by atoms with Crippen molar-refractivity contribution in [2.45, 2.75) is 63.3 Å². The van der Waals surface area contributed by atoms with Gasteiger partial charge in [0.1, 0.15) is 19.0 Å². The van der Waals surface area contributed by atoms with E-state index in [2.05, 4.69) is 20.3 Å². The van der Waals surface area contributed by atoms with Crippen molar-refractivity contribution in [2.24, 2.45) is 0 Å². The second kappa shape index (κ2) is 8.56. The van der Waals surface area contributed by atoms with Crippen LogP contribution >= 0.6 is 0 Å². The summed E-state index contributed by atoms with van der Waals surface area (Å²) < 4.78 is 35.0. The summed E-state index contributed by atoms with van der Waals surface area (Å²) in [7, 11) is 0. The fourth-order valence-electron chi connectivity index (χ4n) is 4.32. The van der Waals surface area contributed by atoms with Gasteiger partial charge in [0.05, 0.1) is 11.9 Å². The van der Waals surface area contributed by atoms with Crippen LogP contribution in [0.3, 0.4) is 0 Å². The van der Waals surface area contributed by atoms with Gasteiger partial charge in [0.15, 0.2) is 34.5 Å². The van der Waals surface area contributed by atoms with Gasteiger partial charge >= 0.3 is 11.9 Å². The Labute approximate surface area is 200 Å². The van der Waals surface area contributed by atoms with E-state index in [1.807, 2.05) is 0 Å². The second-order valence-electron chi connectivity index (χ2n) is 9.18. The number of nitrogens with zero attached hydrogens (tertiary/aromatic N) is 4. The number of imidazole rings is 1. The SMILES string of the molecule is CC(=O)O[C@@]1(C)[C@@H](COC(=O)c2ccccc2)O[C@@H](n2cnc3c(NC4CC4)ncnc32)[C@]1(C)F. The van der Waals surface area contributed by atoms with E-state index in [0.717, 1.165) is 12.8 Å². The zero-order valence-electron chi connectivity index (χ0n) is 19.6. The number of esters is 2. The van der Waals surface area contributed by atoms with E-state index < -0.39 is 35.5 Å². The number of benzene rings is 1. The highest BCUT2D eigenvalue weighted by atomic mass is 19.1. The third-order valence-corrected chi connectivity index (χ3v) is 6.60. The summed E-state index contributed by atoms with van der Waals surface area (Å²) in [6.45, 7) is 3.58. The van der Waals surface area contributed by atoms with Gasteiger partial charge in [0.2, 0.25) is 0 Å². The molecule has 2 fully saturated rings. The van der Waals surface area contributed by atoms with Crippen LogP contribution in [0, 0.1) is 0 Å². The van der Waals surface area contributed by atoms with Crippen LogP contribution in [0.5, 0.6) is 0 Å². The molecule has 10 nitrogen and oxygen atoms in total. The van der Waals surface area contributed by atoms with Crippen molar-refractivity contribution in [1.29, 1.82) is 0 Å². The molecule has 3 heterocycles. The molecule has 2 aromatic heterocycles. The number of carbonyl (C=O) groups excluding carboxylic acids is 2. The largest absolute Gasteiger partial charge is 0.459 e. The first-order chi connectivity index (χ1) is 16.7. The monoisotopic (exact) mass is 483 g/mol. The van der Waals surface area contributed by atoms with Gasteiger partial charge < -0.3 is 19.5 Å². The highest BCUT2D eigenvalue weighted by Crippen LogP contribution is 2.51. The number of aromatic nitrogens is 4. The van der Waals surface area contributed by atoms with Crippen molar-refractivity contribution in [1.82, 2.24) is 19.5 Å². The first kappa shape index (κ1) is 23.2. The number of hydrogen-bond acceptors (Lipinski definition) is 9. The Kier molecular flexibility index (Phi) is 5.66. The van der Waals surface area contributed by atoms with Crippen molar-refractivity contribution < 1.29 is 28.2 Å². The summed E-state index contributed by atoms with van der Waals surface area (Å²) in [5.74, 6) is -0.723. The van der Waals surface area contributed by atoms with Crippen molar-refractivity contribution in [3.05, 3.63) is 48.5 Å². The lowest BCUT2D eigenvalue weighted by Crippen LogP contribution is -2.55. The number of fused-ring (bicyclic) bond motifs is 1. The summed E-state index contributed by atoms with van der Waals surface area (Å²) in [5, 5.41) is 3.29. The van der Waals surface area contributed by atoms with Crippen LogP contribution in [-0.4, -0.2) is 61.5 Å². The Hall–Kier alpha value is -3.60. The molecule has 1 aliphatic heterocycles. The van der Waals surface area contributed by atoms with Gasteiger partial charge in [-0.3, -0.25) is 9.36 Å². The summed E-state index contributed by atoms with van der Waals surface area (Å²) >= 11 is 0. The fourth-order valence-corrected chi connectivity index (χ4v) is 4.32. The normalized spacial score (nSPS) is 28.1. The van der Waals surface area contributed by atoms with Gasteiger partial charge in [-0.1, -0.05) is 18.2 Å². The van der Waals surface area contributed by atoms with Gasteiger partial charge in [-0.2, -0.15) is 0 Å². The fraction of sp³-hybridized carbons (Fsp3) is 0.458. The molecule has 0 spiro atoms. The number of hydrogen-bond donors (Lipinski definition) is 1. The molecule has 1 saturated carbocycles. The van der Waals surface area contributed by atoms with Gasteiger partial charge in [-0.05, 0) is 38.8 Å². The molecular weight excluding hydrogens is 457 g/mol. The van der Waals surface area contributed by atoms with E-state index in [1.54, 1.807) is 30.3 Å². The predicted octanol–water partition coefficient (Wildman–Crippen LogP) is 3.21. The molecule has 1 N–H and O–H groups in total. The van der Waals surface area contributed by atoms with E-state index in [1.165, 1.54) is 38.0 Å². The molecule has 1 saturated heterocycles. The van der Waals surface area contributed by atoms with Crippen LogP contribution in [0.15, 0.2) is 43.0 Å². The first-order valence-corrected chi connectivity index (χ1v) is 11.4. The molecule has 1 aliphatic carbocycles. The summed E-state index contributed by atoms with van der Waals surface area (Å²) in [6, 6.07) is 8.74. The molecule has 3 aromatic rings. The second-order valence-corrected chi connectivity index (χ2v) is 9.18. The van der Waals surface area contributed by atoms with Gasteiger partial charge in [0, 0.05) is 13.0 Å². The number of nitrogens with one attached hydrogen (secondary N) is 1. The topological polar surface area (TPSA) is 117 Å². The molecular formula is C24H26FN5O5. The van der Waals surface area contributed by atoms with Crippen LogP contribution in [0.25, 0.3) is 11.2 Å². The van der Waals surface area contributed by atoms with E-state index in [9.17, 15) is 9.59 Å². The van der Waals surface area contributed by atoms with Crippen molar-refractivity contribution >= 4 is 28.9 Å². The molecule has 11 heteroatoms. The molecule has 0 amide bonds. The molecule has 4 atom stereocenters. The Morgan fingerprint density at radius 2 is 1.94 bits per heavy atom. The van der Waals surface area contributed by atoms with E-state index in [0.29, 0.717) is 28.6 Å². The zero-order chi connectivity index (χ0) is 24.8. The molecule has 5 rings (SSSR count). The van der Waals surface area contributed by atoms with E-state index in [-0.39, 0.29) is 6.61 Å². The highest BCUT2D eigenvalue weighted by Gasteiger charge is 2.66. The average Bonchev–Trinajstić information content (AvgIpc) is 3.50.